The van der Waals surface area contributed by atoms with E-state index in [0.29, 0.717) is 12.5 Å². The van der Waals surface area contributed by atoms with E-state index in [1.54, 1.807) is 0 Å². The minimum atomic E-state index is -0.523. The van der Waals surface area contributed by atoms with Gasteiger partial charge in [0.15, 0.2) is 0 Å². The van der Waals surface area contributed by atoms with E-state index in [9.17, 15) is 9.59 Å². The van der Waals surface area contributed by atoms with E-state index < -0.39 is 11.8 Å². The maximum Gasteiger partial charge on any atom is 0.245 e. The van der Waals surface area contributed by atoms with Gasteiger partial charge in [-0.05, 0) is 58.3 Å². The number of rotatable bonds is 3. The van der Waals surface area contributed by atoms with Crippen LogP contribution < -0.4 is 5.32 Å². The smallest absolute Gasteiger partial charge is 0.245 e. The summed E-state index contributed by atoms with van der Waals surface area (Å²) < 4.78 is 6.10. The van der Waals surface area contributed by atoms with Gasteiger partial charge in [-0.1, -0.05) is 6.92 Å². The molecule has 2 saturated carbocycles. The van der Waals surface area contributed by atoms with E-state index in [1.807, 2.05) is 18.7 Å². The second-order valence-electron chi connectivity index (χ2n) is 7.60. The molecule has 1 aliphatic heterocycles. The first-order valence-electron chi connectivity index (χ1n) is 8.70. The summed E-state index contributed by atoms with van der Waals surface area (Å²) in [4.78, 5) is 27.2. The number of ether oxygens (including phenoxy) is 1. The van der Waals surface area contributed by atoms with Crippen LogP contribution in [0.4, 0.5) is 0 Å². The summed E-state index contributed by atoms with van der Waals surface area (Å²) in [6, 6.07) is -0.378. The van der Waals surface area contributed by atoms with Gasteiger partial charge in [0.2, 0.25) is 11.8 Å². The highest BCUT2D eigenvalue weighted by Gasteiger charge is 2.55. The third kappa shape index (κ3) is 2.87. The lowest BCUT2D eigenvalue weighted by atomic mass is 9.83. The Morgan fingerprint density at radius 2 is 1.82 bits per heavy atom. The fourth-order valence-corrected chi connectivity index (χ4v) is 3.72. The van der Waals surface area contributed by atoms with Crippen LogP contribution in [0.2, 0.25) is 0 Å². The van der Waals surface area contributed by atoms with Crippen molar-refractivity contribution in [1.82, 2.24) is 10.2 Å². The first kappa shape index (κ1) is 15.8. The van der Waals surface area contributed by atoms with E-state index in [0.717, 1.165) is 38.5 Å². The minimum absolute atomic E-state index is 0.0699. The molecule has 3 rings (SSSR count). The molecular formula is C17H28N2O3. The Hall–Kier alpha value is -1.10. The molecule has 1 N–H and O–H groups in total. The van der Waals surface area contributed by atoms with Gasteiger partial charge >= 0.3 is 0 Å². The largest absolute Gasteiger partial charge is 0.353 e. The molecule has 0 radical (unpaired) electrons. The predicted octanol–water partition coefficient (Wildman–Crippen LogP) is 2.05. The molecule has 3 aliphatic rings. The number of hydrogen-bond donors (Lipinski definition) is 1. The van der Waals surface area contributed by atoms with Crippen LogP contribution in [-0.2, 0) is 14.3 Å². The molecule has 0 aromatic heterocycles. The molecule has 2 amide bonds. The van der Waals surface area contributed by atoms with Crippen molar-refractivity contribution in [3.63, 3.8) is 0 Å². The summed E-state index contributed by atoms with van der Waals surface area (Å²) in [7, 11) is 0. The number of carbonyl (C=O) groups is 2. The molecule has 5 heteroatoms. The first-order valence-corrected chi connectivity index (χ1v) is 8.70. The number of nitrogens with one attached hydrogen (secondary N) is 1. The second-order valence-corrected chi connectivity index (χ2v) is 7.60. The van der Waals surface area contributed by atoms with Crippen molar-refractivity contribution >= 4 is 11.8 Å². The monoisotopic (exact) mass is 308 g/mol. The molecule has 5 nitrogen and oxygen atoms in total. The van der Waals surface area contributed by atoms with Crippen LogP contribution in [0.3, 0.4) is 0 Å². The molecule has 0 aromatic rings. The third-order valence-corrected chi connectivity index (χ3v) is 5.21. The van der Waals surface area contributed by atoms with Gasteiger partial charge in [0.05, 0.1) is 6.61 Å². The Kier molecular flexibility index (Phi) is 4.19. The Morgan fingerprint density at radius 1 is 1.18 bits per heavy atom. The van der Waals surface area contributed by atoms with Crippen LogP contribution in [0.5, 0.6) is 0 Å². The van der Waals surface area contributed by atoms with E-state index in [-0.39, 0.29) is 23.8 Å². The average Bonchev–Trinajstić information content (AvgIpc) is 3.24. The second kappa shape index (κ2) is 5.84. The normalized spacial score (nSPS) is 35.2. The van der Waals surface area contributed by atoms with Crippen molar-refractivity contribution in [3.8, 4) is 0 Å². The predicted molar refractivity (Wildman–Crippen MR) is 83.0 cm³/mol. The van der Waals surface area contributed by atoms with Crippen LogP contribution in [0.15, 0.2) is 0 Å². The summed E-state index contributed by atoms with van der Waals surface area (Å²) >= 11 is 0. The first-order chi connectivity index (χ1) is 10.4. The van der Waals surface area contributed by atoms with Crippen molar-refractivity contribution in [2.45, 2.75) is 77.1 Å². The number of hydrogen-bond acceptors (Lipinski definition) is 3. The number of carbonyl (C=O) groups excluding carboxylic acids is 2. The van der Waals surface area contributed by atoms with Gasteiger partial charge in [0, 0.05) is 12.0 Å². The fraction of sp³-hybridized carbons (Fsp3) is 0.882. The molecule has 1 spiro atoms. The lowest BCUT2D eigenvalue weighted by Gasteiger charge is -2.43. The van der Waals surface area contributed by atoms with E-state index >= 15 is 0 Å². The van der Waals surface area contributed by atoms with Gasteiger partial charge in [0.25, 0.3) is 0 Å². The summed E-state index contributed by atoms with van der Waals surface area (Å²) in [5, 5.41) is 2.95. The zero-order valence-electron chi connectivity index (χ0n) is 13.9. The molecule has 1 atom stereocenters. The van der Waals surface area contributed by atoms with Crippen LogP contribution >= 0.6 is 0 Å². The van der Waals surface area contributed by atoms with Gasteiger partial charge in [-0.15, -0.1) is 0 Å². The van der Waals surface area contributed by atoms with Crippen molar-refractivity contribution in [2.24, 2.45) is 11.8 Å². The standard InChI is InChI=1S/C17H28N2O3/c1-11(2)18-15(20)14-10-22-17(8-6-12(3)7-9-17)19(14)16(21)13-4-5-13/h11-14H,4-10H2,1-3H3,(H,18,20). The summed E-state index contributed by atoms with van der Waals surface area (Å²) in [5.41, 5.74) is -0.523. The Labute approximate surface area is 132 Å². The Morgan fingerprint density at radius 3 is 2.36 bits per heavy atom. The van der Waals surface area contributed by atoms with E-state index in [4.69, 9.17) is 4.74 Å². The number of nitrogens with zero attached hydrogens (tertiary/aromatic N) is 1. The van der Waals surface area contributed by atoms with Crippen LogP contribution in [0.25, 0.3) is 0 Å². The highest BCUT2D eigenvalue weighted by atomic mass is 16.5. The lowest BCUT2D eigenvalue weighted by molar-refractivity contribution is -0.162. The minimum Gasteiger partial charge on any atom is -0.353 e. The van der Waals surface area contributed by atoms with Gasteiger partial charge in [-0.3, -0.25) is 14.5 Å². The van der Waals surface area contributed by atoms with E-state index in [1.165, 1.54) is 0 Å². The summed E-state index contributed by atoms with van der Waals surface area (Å²) in [6.45, 7) is 6.47. The third-order valence-electron chi connectivity index (χ3n) is 5.21. The molecule has 124 valence electrons. The number of amides is 2. The Balaban J connectivity index is 1.82. The molecule has 1 heterocycles. The van der Waals surface area contributed by atoms with E-state index in [2.05, 4.69) is 12.2 Å². The highest BCUT2D eigenvalue weighted by Crippen LogP contribution is 2.45. The molecular weight excluding hydrogens is 280 g/mol. The quantitative estimate of drug-likeness (QED) is 0.868. The summed E-state index contributed by atoms with van der Waals surface area (Å²) in [5.74, 6) is 0.860. The maximum atomic E-state index is 12.8. The SMILES string of the molecule is CC1CCC2(CC1)OCC(C(=O)NC(C)C)N2C(=O)C1CC1. The maximum absolute atomic E-state index is 12.8. The van der Waals surface area contributed by atoms with Gasteiger partial charge in [-0.2, -0.15) is 0 Å². The summed E-state index contributed by atoms with van der Waals surface area (Å²) in [6.07, 6.45) is 5.76. The molecule has 2 aliphatic carbocycles. The topological polar surface area (TPSA) is 58.6 Å². The molecule has 1 saturated heterocycles. The van der Waals surface area contributed by atoms with Crippen LogP contribution in [0.1, 0.15) is 59.3 Å². The fourth-order valence-electron chi connectivity index (χ4n) is 3.72. The van der Waals surface area contributed by atoms with Gasteiger partial charge in [0.1, 0.15) is 11.8 Å². The van der Waals surface area contributed by atoms with Crippen LogP contribution in [0, 0.1) is 11.8 Å². The molecule has 22 heavy (non-hydrogen) atoms. The van der Waals surface area contributed by atoms with Crippen molar-refractivity contribution in [3.05, 3.63) is 0 Å². The Bertz CT molecular complexity index is 451. The van der Waals surface area contributed by atoms with Gasteiger partial charge in [-0.25, -0.2) is 0 Å². The van der Waals surface area contributed by atoms with Gasteiger partial charge < -0.3 is 10.1 Å². The average molecular weight is 308 g/mol. The van der Waals surface area contributed by atoms with Crippen molar-refractivity contribution < 1.29 is 14.3 Å². The zero-order chi connectivity index (χ0) is 15.9. The van der Waals surface area contributed by atoms with Crippen LogP contribution in [-0.4, -0.2) is 41.1 Å². The molecule has 3 fully saturated rings. The highest BCUT2D eigenvalue weighted by molar-refractivity contribution is 5.90. The zero-order valence-corrected chi connectivity index (χ0v) is 13.9. The lowest BCUT2D eigenvalue weighted by Crippen LogP contribution is -2.57. The van der Waals surface area contributed by atoms with Crippen molar-refractivity contribution in [2.75, 3.05) is 6.61 Å². The molecule has 0 bridgehead atoms. The molecule has 1 unspecified atom stereocenters. The molecule has 0 aromatic carbocycles. The van der Waals surface area contributed by atoms with Crippen molar-refractivity contribution in [1.29, 1.82) is 0 Å².